The van der Waals surface area contributed by atoms with Crippen LogP contribution >= 0.6 is 22.9 Å². The molecule has 2 aromatic rings. The fourth-order valence-electron chi connectivity index (χ4n) is 2.30. The van der Waals surface area contributed by atoms with E-state index in [0.717, 1.165) is 13.1 Å². The van der Waals surface area contributed by atoms with Crippen molar-refractivity contribution in [3.8, 4) is 0 Å². The topological polar surface area (TPSA) is 45.5 Å². The van der Waals surface area contributed by atoms with Crippen LogP contribution in [-0.2, 0) is 0 Å². The van der Waals surface area contributed by atoms with Crippen LogP contribution in [0.5, 0.6) is 0 Å². The molecule has 114 valence electrons. The number of nitrogens with zero attached hydrogens (tertiary/aromatic N) is 1. The number of likely N-dealkylation sites (N-methyl/N-ethyl adjacent to an activating group) is 1. The van der Waals surface area contributed by atoms with Crippen LogP contribution in [0, 0.1) is 0 Å². The Morgan fingerprint density at radius 2 is 2.14 bits per heavy atom. The Bertz CT molecular complexity index is 564. The van der Waals surface area contributed by atoms with E-state index in [9.17, 15) is 4.79 Å². The lowest BCUT2D eigenvalue weighted by Gasteiger charge is -2.29. The molecule has 1 atom stereocenters. The molecule has 1 unspecified atom stereocenters. The first-order valence-corrected chi connectivity index (χ1v) is 8.27. The highest BCUT2D eigenvalue weighted by Gasteiger charge is 2.20. The van der Waals surface area contributed by atoms with Crippen LogP contribution in [0.25, 0.3) is 0 Å². The maximum Gasteiger partial charge on any atom is 0.287 e. The first kappa shape index (κ1) is 16.1. The van der Waals surface area contributed by atoms with Gasteiger partial charge in [-0.05, 0) is 59.2 Å². The first-order valence-electron chi connectivity index (χ1n) is 6.95. The number of nitrogens with one attached hydrogen (secondary N) is 1. The normalized spacial score (nSPS) is 12.6. The van der Waals surface area contributed by atoms with Gasteiger partial charge in [-0.1, -0.05) is 13.8 Å². The number of hydrogen-bond donors (Lipinski definition) is 1. The van der Waals surface area contributed by atoms with Gasteiger partial charge >= 0.3 is 0 Å². The summed E-state index contributed by atoms with van der Waals surface area (Å²) < 4.78 is 5.12. The predicted octanol–water partition coefficient (Wildman–Crippen LogP) is 3.81. The summed E-state index contributed by atoms with van der Waals surface area (Å²) >= 11 is 7.36. The molecule has 1 N–H and O–H groups in total. The first-order chi connectivity index (χ1) is 10.2. The third-order valence-electron chi connectivity index (χ3n) is 3.43. The monoisotopic (exact) mass is 326 g/mol. The average molecular weight is 327 g/mol. The van der Waals surface area contributed by atoms with Gasteiger partial charge in [-0.25, -0.2) is 0 Å². The lowest BCUT2D eigenvalue weighted by atomic mass is 10.1. The van der Waals surface area contributed by atoms with Crippen LogP contribution in [0.2, 0.25) is 5.22 Å². The third-order valence-corrected chi connectivity index (χ3v) is 4.34. The van der Waals surface area contributed by atoms with Crippen LogP contribution in [0.3, 0.4) is 0 Å². The highest BCUT2D eigenvalue weighted by atomic mass is 35.5. The van der Waals surface area contributed by atoms with Crippen molar-refractivity contribution in [3.63, 3.8) is 0 Å². The summed E-state index contributed by atoms with van der Waals surface area (Å²) in [6.45, 7) is 6.64. The Morgan fingerprint density at radius 3 is 2.67 bits per heavy atom. The Labute approximate surface area is 133 Å². The molecule has 21 heavy (non-hydrogen) atoms. The summed E-state index contributed by atoms with van der Waals surface area (Å²) in [4.78, 5) is 14.4. The van der Waals surface area contributed by atoms with Crippen molar-refractivity contribution >= 4 is 28.8 Å². The number of carbonyl (C=O) groups is 1. The van der Waals surface area contributed by atoms with Gasteiger partial charge in [0.25, 0.3) is 5.91 Å². The van der Waals surface area contributed by atoms with Crippen molar-refractivity contribution in [1.82, 2.24) is 10.2 Å². The number of halogens is 1. The van der Waals surface area contributed by atoms with Crippen LogP contribution in [0.4, 0.5) is 0 Å². The van der Waals surface area contributed by atoms with Gasteiger partial charge in [0.1, 0.15) is 0 Å². The van der Waals surface area contributed by atoms with E-state index in [1.54, 1.807) is 23.5 Å². The minimum atomic E-state index is -0.241. The van der Waals surface area contributed by atoms with E-state index in [1.165, 1.54) is 5.56 Å². The lowest BCUT2D eigenvalue weighted by Crippen LogP contribution is -2.37. The number of amides is 1. The molecule has 0 saturated carbocycles. The Kier molecular flexibility index (Phi) is 5.85. The summed E-state index contributed by atoms with van der Waals surface area (Å²) in [5.41, 5.74) is 1.22. The summed E-state index contributed by atoms with van der Waals surface area (Å²) in [5.74, 6) is -0.00194. The molecule has 0 radical (unpaired) electrons. The molecule has 0 aliphatic rings. The summed E-state index contributed by atoms with van der Waals surface area (Å²) in [6.07, 6.45) is 0. The number of hydrogen-bond acceptors (Lipinski definition) is 4. The lowest BCUT2D eigenvalue weighted by molar-refractivity contribution is 0.0907. The van der Waals surface area contributed by atoms with Gasteiger partial charge in [-0.15, -0.1) is 0 Å². The zero-order chi connectivity index (χ0) is 15.2. The van der Waals surface area contributed by atoms with E-state index in [1.807, 2.05) is 0 Å². The Hall–Kier alpha value is -1.30. The minimum Gasteiger partial charge on any atom is -0.440 e. The van der Waals surface area contributed by atoms with Gasteiger partial charge in [0, 0.05) is 6.54 Å². The van der Waals surface area contributed by atoms with Gasteiger partial charge in [-0.2, -0.15) is 11.3 Å². The van der Waals surface area contributed by atoms with E-state index in [4.69, 9.17) is 16.0 Å². The highest BCUT2D eigenvalue weighted by Crippen LogP contribution is 2.22. The molecule has 2 aromatic heterocycles. The largest absolute Gasteiger partial charge is 0.440 e. The minimum absolute atomic E-state index is 0.167. The van der Waals surface area contributed by atoms with Gasteiger partial charge in [0.2, 0.25) is 0 Å². The second kappa shape index (κ2) is 7.64. The van der Waals surface area contributed by atoms with Gasteiger partial charge in [0.05, 0.1) is 6.04 Å². The van der Waals surface area contributed by atoms with Crippen LogP contribution in [0.15, 0.2) is 33.4 Å². The summed E-state index contributed by atoms with van der Waals surface area (Å²) in [7, 11) is 0. The number of furan rings is 1. The zero-order valence-corrected chi connectivity index (χ0v) is 13.7. The SMILES string of the molecule is CCN(CC)C(CNC(=O)c1ccc(Cl)o1)c1ccsc1. The molecule has 0 bridgehead atoms. The third kappa shape index (κ3) is 4.09. The van der Waals surface area contributed by atoms with Crippen LogP contribution < -0.4 is 5.32 Å². The highest BCUT2D eigenvalue weighted by molar-refractivity contribution is 7.07. The van der Waals surface area contributed by atoms with E-state index < -0.39 is 0 Å². The van der Waals surface area contributed by atoms with Gasteiger partial charge in [-0.3, -0.25) is 9.69 Å². The number of rotatable bonds is 7. The molecule has 0 aliphatic carbocycles. The molecule has 4 nitrogen and oxygen atoms in total. The molecule has 2 rings (SSSR count). The van der Waals surface area contributed by atoms with Crippen molar-refractivity contribution in [1.29, 1.82) is 0 Å². The summed E-state index contributed by atoms with van der Waals surface area (Å²) in [5, 5.41) is 7.32. The standard InChI is InChI=1S/C15H19ClN2O2S/c1-3-18(4-2)12(11-7-8-21-10-11)9-17-15(19)13-5-6-14(16)20-13/h5-8,10,12H,3-4,9H2,1-2H3,(H,17,19). The van der Waals surface area contributed by atoms with Gasteiger partial charge < -0.3 is 9.73 Å². The molecule has 0 aromatic carbocycles. The number of thiophene rings is 1. The Morgan fingerprint density at radius 1 is 1.38 bits per heavy atom. The average Bonchev–Trinajstić information content (AvgIpc) is 3.14. The van der Waals surface area contributed by atoms with E-state index in [-0.39, 0.29) is 22.9 Å². The molecule has 0 aliphatic heterocycles. The van der Waals surface area contributed by atoms with E-state index in [0.29, 0.717) is 6.54 Å². The maximum absolute atomic E-state index is 12.1. The van der Waals surface area contributed by atoms with Crippen LogP contribution in [0.1, 0.15) is 36.0 Å². The van der Waals surface area contributed by atoms with Crippen molar-refractivity contribution in [2.45, 2.75) is 19.9 Å². The van der Waals surface area contributed by atoms with E-state index in [2.05, 4.69) is 40.9 Å². The second-order valence-corrected chi connectivity index (χ2v) is 5.76. The smallest absolute Gasteiger partial charge is 0.287 e. The molecule has 0 spiro atoms. The Balaban J connectivity index is 2.04. The molecule has 0 saturated heterocycles. The van der Waals surface area contributed by atoms with Crippen molar-refractivity contribution in [3.05, 3.63) is 45.5 Å². The fraction of sp³-hybridized carbons (Fsp3) is 0.400. The molecule has 1 amide bonds. The summed E-state index contributed by atoms with van der Waals surface area (Å²) in [6, 6.07) is 5.41. The molecular weight excluding hydrogens is 308 g/mol. The maximum atomic E-state index is 12.1. The fourth-order valence-corrected chi connectivity index (χ4v) is 3.15. The number of carbonyl (C=O) groups excluding carboxylic acids is 1. The zero-order valence-electron chi connectivity index (χ0n) is 12.1. The predicted molar refractivity (Wildman–Crippen MR) is 86.0 cm³/mol. The molecular formula is C15H19ClN2O2S. The van der Waals surface area contributed by atoms with Crippen molar-refractivity contribution < 1.29 is 9.21 Å². The van der Waals surface area contributed by atoms with Crippen molar-refractivity contribution in [2.24, 2.45) is 0 Å². The van der Waals surface area contributed by atoms with Crippen molar-refractivity contribution in [2.75, 3.05) is 19.6 Å². The van der Waals surface area contributed by atoms with E-state index >= 15 is 0 Å². The molecule has 6 heteroatoms. The molecule has 2 heterocycles. The quantitative estimate of drug-likeness (QED) is 0.841. The second-order valence-electron chi connectivity index (χ2n) is 4.61. The van der Waals surface area contributed by atoms with Crippen LogP contribution in [-0.4, -0.2) is 30.4 Å². The van der Waals surface area contributed by atoms with Gasteiger partial charge in [0.15, 0.2) is 11.0 Å². The molecule has 0 fully saturated rings.